The molecule has 0 bridgehead atoms. The summed E-state index contributed by atoms with van der Waals surface area (Å²) < 4.78 is 0. The second-order valence-corrected chi connectivity index (χ2v) is 4.03. The van der Waals surface area contributed by atoms with Gasteiger partial charge in [-0.3, -0.25) is 9.69 Å². The van der Waals surface area contributed by atoms with Crippen molar-refractivity contribution in [1.82, 2.24) is 15.1 Å². The summed E-state index contributed by atoms with van der Waals surface area (Å²) in [4.78, 5) is 15.3. The first kappa shape index (κ1) is 11.5. The predicted octanol–water partition coefficient (Wildman–Crippen LogP) is -0.242. The van der Waals surface area contributed by atoms with E-state index in [1.807, 2.05) is 11.9 Å². The van der Waals surface area contributed by atoms with E-state index in [4.69, 9.17) is 0 Å². The zero-order chi connectivity index (χ0) is 10.6. The summed E-state index contributed by atoms with van der Waals surface area (Å²) in [6.45, 7) is 9.02. The Balaban J connectivity index is 2.31. The van der Waals surface area contributed by atoms with Crippen molar-refractivity contribution < 1.29 is 4.79 Å². The normalized spacial score (nSPS) is 20.5. The molecule has 1 fully saturated rings. The molecule has 0 aromatic heterocycles. The summed E-state index contributed by atoms with van der Waals surface area (Å²) in [5.74, 6) is 0.146. The van der Waals surface area contributed by atoms with Gasteiger partial charge in [-0.2, -0.15) is 0 Å². The number of carbonyl (C=O) groups excluding carboxylic acids is 1. The van der Waals surface area contributed by atoms with Crippen molar-refractivity contribution >= 4 is 5.91 Å². The predicted molar refractivity (Wildman–Crippen MR) is 57.2 cm³/mol. The van der Waals surface area contributed by atoms with Crippen LogP contribution in [0.5, 0.6) is 0 Å². The molecule has 1 aliphatic rings. The van der Waals surface area contributed by atoms with Gasteiger partial charge in [0, 0.05) is 52.7 Å². The zero-order valence-electron chi connectivity index (χ0n) is 9.42. The van der Waals surface area contributed by atoms with E-state index in [9.17, 15) is 4.79 Å². The fourth-order valence-corrected chi connectivity index (χ4v) is 1.70. The molecule has 1 rings (SSSR count). The lowest BCUT2D eigenvalue weighted by Crippen LogP contribution is -2.49. The lowest BCUT2D eigenvalue weighted by molar-refractivity contribution is -0.129. The lowest BCUT2D eigenvalue weighted by Gasteiger charge is -2.33. The number of amides is 1. The molecule has 82 valence electrons. The van der Waals surface area contributed by atoms with E-state index in [0.29, 0.717) is 6.04 Å². The molecule has 0 saturated carbocycles. The third kappa shape index (κ3) is 3.27. The van der Waals surface area contributed by atoms with Gasteiger partial charge in [-0.1, -0.05) is 0 Å². The Labute approximate surface area is 86.2 Å². The molecule has 1 unspecified atom stereocenters. The van der Waals surface area contributed by atoms with Crippen LogP contribution in [0.25, 0.3) is 0 Å². The van der Waals surface area contributed by atoms with Gasteiger partial charge in [0.05, 0.1) is 0 Å². The Morgan fingerprint density at radius 3 is 2.57 bits per heavy atom. The maximum atomic E-state index is 11.1. The topological polar surface area (TPSA) is 35.6 Å². The van der Waals surface area contributed by atoms with Gasteiger partial charge in [0.25, 0.3) is 0 Å². The van der Waals surface area contributed by atoms with Crippen molar-refractivity contribution in [2.75, 3.05) is 39.8 Å². The Kier molecular flexibility index (Phi) is 4.35. The van der Waals surface area contributed by atoms with Gasteiger partial charge in [-0.25, -0.2) is 0 Å². The summed E-state index contributed by atoms with van der Waals surface area (Å²) in [7, 11) is 1.87. The van der Waals surface area contributed by atoms with Gasteiger partial charge >= 0.3 is 0 Å². The van der Waals surface area contributed by atoms with Crippen LogP contribution in [0.15, 0.2) is 0 Å². The van der Waals surface area contributed by atoms with E-state index in [2.05, 4.69) is 17.1 Å². The maximum absolute atomic E-state index is 11.1. The molecule has 0 aliphatic carbocycles. The summed E-state index contributed by atoms with van der Waals surface area (Å²) in [6.07, 6.45) is 0. The Morgan fingerprint density at radius 2 is 2.07 bits per heavy atom. The summed E-state index contributed by atoms with van der Waals surface area (Å²) >= 11 is 0. The Hall–Kier alpha value is -0.610. The van der Waals surface area contributed by atoms with Gasteiger partial charge in [0.2, 0.25) is 5.91 Å². The van der Waals surface area contributed by atoms with Crippen LogP contribution in [0.1, 0.15) is 13.8 Å². The number of hydrogen-bond acceptors (Lipinski definition) is 3. The summed E-state index contributed by atoms with van der Waals surface area (Å²) in [5.41, 5.74) is 0. The van der Waals surface area contributed by atoms with E-state index in [-0.39, 0.29) is 5.91 Å². The molecule has 1 aliphatic heterocycles. The van der Waals surface area contributed by atoms with Crippen LogP contribution in [0.2, 0.25) is 0 Å². The largest absolute Gasteiger partial charge is 0.342 e. The Bertz CT molecular complexity index is 190. The first-order valence-corrected chi connectivity index (χ1v) is 5.27. The zero-order valence-corrected chi connectivity index (χ0v) is 9.42. The van der Waals surface area contributed by atoms with Crippen molar-refractivity contribution in [3.63, 3.8) is 0 Å². The van der Waals surface area contributed by atoms with Crippen molar-refractivity contribution in [3.05, 3.63) is 0 Å². The molecule has 0 radical (unpaired) electrons. The van der Waals surface area contributed by atoms with Crippen molar-refractivity contribution in [3.8, 4) is 0 Å². The number of piperazine rings is 1. The second kappa shape index (κ2) is 5.32. The van der Waals surface area contributed by atoms with Crippen LogP contribution < -0.4 is 5.32 Å². The average Bonchev–Trinajstić information content (AvgIpc) is 2.18. The molecular formula is C10H21N3O. The number of rotatable bonds is 3. The van der Waals surface area contributed by atoms with Gasteiger partial charge in [0.1, 0.15) is 0 Å². The van der Waals surface area contributed by atoms with Crippen LogP contribution >= 0.6 is 0 Å². The van der Waals surface area contributed by atoms with Gasteiger partial charge in [-0.05, 0) is 6.92 Å². The highest BCUT2D eigenvalue weighted by molar-refractivity contribution is 5.73. The number of carbonyl (C=O) groups is 1. The summed E-state index contributed by atoms with van der Waals surface area (Å²) in [6, 6.07) is 0.311. The minimum atomic E-state index is 0.146. The number of hydrogen-bond donors (Lipinski definition) is 1. The molecule has 1 saturated heterocycles. The fraction of sp³-hybridized carbons (Fsp3) is 0.900. The van der Waals surface area contributed by atoms with Crippen LogP contribution in [0.4, 0.5) is 0 Å². The van der Waals surface area contributed by atoms with E-state index >= 15 is 0 Å². The standard InChI is InChI=1S/C10H21N3O/c1-9(12(3)10(2)14)8-13-6-4-11-5-7-13/h9,11H,4-8H2,1-3H3. The third-order valence-electron chi connectivity index (χ3n) is 2.89. The van der Waals surface area contributed by atoms with E-state index < -0.39 is 0 Å². The van der Waals surface area contributed by atoms with Gasteiger partial charge < -0.3 is 10.2 Å². The van der Waals surface area contributed by atoms with E-state index in [1.165, 1.54) is 0 Å². The molecule has 14 heavy (non-hydrogen) atoms. The Morgan fingerprint density at radius 1 is 1.50 bits per heavy atom. The highest BCUT2D eigenvalue weighted by Gasteiger charge is 2.17. The van der Waals surface area contributed by atoms with Crippen LogP contribution in [0, 0.1) is 0 Å². The highest BCUT2D eigenvalue weighted by Crippen LogP contribution is 2.01. The first-order valence-electron chi connectivity index (χ1n) is 5.27. The molecule has 4 heteroatoms. The third-order valence-corrected chi connectivity index (χ3v) is 2.89. The number of nitrogens with one attached hydrogen (secondary N) is 1. The second-order valence-electron chi connectivity index (χ2n) is 4.03. The maximum Gasteiger partial charge on any atom is 0.219 e. The first-order chi connectivity index (χ1) is 6.61. The number of likely N-dealkylation sites (N-methyl/N-ethyl adjacent to an activating group) is 1. The molecule has 4 nitrogen and oxygen atoms in total. The molecule has 1 atom stereocenters. The minimum absolute atomic E-state index is 0.146. The van der Waals surface area contributed by atoms with Crippen LogP contribution in [-0.2, 0) is 4.79 Å². The summed E-state index contributed by atoms with van der Waals surface area (Å²) in [5, 5.41) is 3.32. The molecule has 1 amide bonds. The minimum Gasteiger partial charge on any atom is -0.342 e. The molecule has 0 spiro atoms. The van der Waals surface area contributed by atoms with Crippen LogP contribution in [0.3, 0.4) is 0 Å². The van der Waals surface area contributed by atoms with Crippen molar-refractivity contribution in [1.29, 1.82) is 0 Å². The van der Waals surface area contributed by atoms with Crippen molar-refractivity contribution in [2.45, 2.75) is 19.9 Å². The molecular weight excluding hydrogens is 178 g/mol. The van der Waals surface area contributed by atoms with Gasteiger partial charge in [-0.15, -0.1) is 0 Å². The highest BCUT2D eigenvalue weighted by atomic mass is 16.2. The van der Waals surface area contributed by atoms with Gasteiger partial charge in [0.15, 0.2) is 0 Å². The smallest absolute Gasteiger partial charge is 0.219 e. The van der Waals surface area contributed by atoms with E-state index in [1.54, 1.807) is 6.92 Å². The molecule has 0 aromatic rings. The SMILES string of the molecule is CC(=O)N(C)C(C)CN1CCNCC1. The molecule has 1 N–H and O–H groups in total. The average molecular weight is 199 g/mol. The lowest BCUT2D eigenvalue weighted by atomic mass is 10.2. The molecule has 1 heterocycles. The number of nitrogens with zero attached hydrogens (tertiary/aromatic N) is 2. The van der Waals surface area contributed by atoms with Crippen LogP contribution in [-0.4, -0.2) is 61.5 Å². The monoisotopic (exact) mass is 199 g/mol. The quantitative estimate of drug-likeness (QED) is 0.681. The fourth-order valence-electron chi connectivity index (χ4n) is 1.70. The molecule has 0 aromatic carbocycles. The van der Waals surface area contributed by atoms with E-state index in [0.717, 1.165) is 32.7 Å². The van der Waals surface area contributed by atoms with Crippen molar-refractivity contribution in [2.24, 2.45) is 0 Å².